The monoisotopic (exact) mass is 408 g/mol. The van der Waals surface area contributed by atoms with Crippen LogP contribution in [-0.4, -0.2) is 44.6 Å². The van der Waals surface area contributed by atoms with E-state index in [-0.39, 0.29) is 6.61 Å². The van der Waals surface area contributed by atoms with E-state index < -0.39 is 6.10 Å². The Morgan fingerprint density at radius 3 is 2.37 bits per heavy atom. The van der Waals surface area contributed by atoms with Crippen molar-refractivity contribution >= 4 is 11.4 Å². The highest BCUT2D eigenvalue weighted by molar-refractivity contribution is 5.60. The number of aliphatic hydroxyl groups excluding tert-OH is 1. The fraction of sp³-hybridized carbons (Fsp3) is 0.250. The molecule has 0 bridgehead atoms. The van der Waals surface area contributed by atoms with Gasteiger partial charge >= 0.3 is 0 Å². The Bertz CT molecular complexity index is 889. The minimum Gasteiger partial charge on any atom is -0.493 e. The number of ether oxygens (including phenoxy) is 3. The lowest BCUT2D eigenvalue weighted by atomic mass is 10.2. The van der Waals surface area contributed by atoms with Crippen molar-refractivity contribution in [2.75, 3.05) is 38.7 Å². The molecule has 3 N–H and O–H groups in total. The summed E-state index contributed by atoms with van der Waals surface area (Å²) in [5.74, 6) is 2.11. The van der Waals surface area contributed by atoms with Crippen LogP contribution in [0, 0.1) is 0 Å². The van der Waals surface area contributed by atoms with Crippen molar-refractivity contribution in [3.63, 3.8) is 0 Å². The lowest BCUT2D eigenvalue weighted by molar-refractivity contribution is 0.105. The largest absolute Gasteiger partial charge is 0.493 e. The van der Waals surface area contributed by atoms with Crippen LogP contribution >= 0.6 is 0 Å². The molecular weight excluding hydrogens is 380 g/mol. The first kappa shape index (κ1) is 21.5. The van der Waals surface area contributed by atoms with Crippen LogP contribution in [0.3, 0.4) is 0 Å². The van der Waals surface area contributed by atoms with Gasteiger partial charge in [-0.25, -0.2) is 0 Å². The van der Waals surface area contributed by atoms with Gasteiger partial charge < -0.3 is 30.0 Å². The Balaban J connectivity index is 1.34. The van der Waals surface area contributed by atoms with Crippen LogP contribution in [0.25, 0.3) is 0 Å². The van der Waals surface area contributed by atoms with Crippen molar-refractivity contribution in [1.29, 1.82) is 0 Å². The van der Waals surface area contributed by atoms with Crippen molar-refractivity contribution in [2.45, 2.75) is 6.10 Å². The van der Waals surface area contributed by atoms with E-state index in [1.807, 2.05) is 78.9 Å². The van der Waals surface area contributed by atoms with Crippen LogP contribution in [0.15, 0.2) is 78.9 Å². The van der Waals surface area contributed by atoms with Gasteiger partial charge in [0.25, 0.3) is 0 Å². The molecule has 3 rings (SSSR count). The molecule has 0 aromatic heterocycles. The van der Waals surface area contributed by atoms with Crippen molar-refractivity contribution in [3.05, 3.63) is 78.9 Å². The van der Waals surface area contributed by atoms with E-state index in [1.54, 1.807) is 7.11 Å². The summed E-state index contributed by atoms with van der Waals surface area (Å²) in [6, 6.07) is 25.1. The number of rotatable bonds is 12. The van der Waals surface area contributed by atoms with E-state index in [2.05, 4.69) is 10.6 Å². The maximum atomic E-state index is 10.1. The summed E-state index contributed by atoms with van der Waals surface area (Å²) in [5.41, 5.74) is 1.94. The Labute approximate surface area is 177 Å². The zero-order valence-corrected chi connectivity index (χ0v) is 17.1. The molecule has 0 aliphatic heterocycles. The SMILES string of the molecule is COc1ccccc1OCCNCC(O)COc1cccc(Nc2ccccc2)c1. The number of nitrogens with one attached hydrogen (secondary N) is 2. The van der Waals surface area contributed by atoms with Crippen molar-refractivity contribution in [2.24, 2.45) is 0 Å². The second-order valence-corrected chi connectivity index (χ2v) is 6.69. The molecule has 3 aromatic rings. The van der Waals surface area contributed by atoms with Gasteiger partial charge in [0.05, 0.1) is 7.11 Å². The minimum atomic E-state index is -0.623. The van der Waals surface area contributed by atoms with Crippen molar-refractivity contribution in [1.82, 2.24) is 5.32 Å². The topological polar surface area (TPSA) is 72.0 Å². The molecule has 0 radical (unpaired) electrons. The summed E-state index contributed by atoms with van der Waals surface area (Å²) in [6.45, 7) is 1.69. The molecule has 0 amide bonds. The Morgan fingerprint density at radius 2 is 1.57 bits per heavy atom. The maximum Gasteiger partial charge on any atom is 0.161 e. The first-order chi connectivity index (χ1) is 14.7. The first-order valence-electron chi connectivity index (χ1n) is 9.94. The van der Waals surface area contributed by atoms with E-state index >= 15 is 0 Å². The van der Waals surface area contributed by atoms with Crippen LogP contribution in [-0.2, 0) is 0 Å². The third-order valence-electron chi connectivity index (χ3n) is 4.32. The smallest absolute Gasteiger partial charge is 0.161 e. The molecular formula is C24H28N2O4. The molecule has 0 fully saturated rings. The van der Waals surface area contributed by atoms with Gasteiger partial charge in [0, 0.05) is 30.5 Å². The van der Waals surface area contributed by atoms with Gasteiger partial charge in [0.2, 0.25) is 0 Å². The molecule has 158 valence electrons. The second kappa shape index (κ2) is 11.7. The van der Waals surface area contributed by atoms with Crippen LogP contribution in [0.5, 0.6) is 17.2 Å². The van der Waals surface area contributed by atoms with E-state index in [1.165, 1.54) is 0 Å². The quantitative estimate of drug-likeness (QED) is 0.396. The predicted molar refractivity (Wildman–Crippen MR) is 119 cm³/mol. The van der Waals surface area contributed by atoms with Gasteiger partial charge in [0.1, 0.15) is 25.1 Å². The molecule has 1 unspecified atom stereocenters. The number of aliphatic hydroxyl groups is 1. The highest BCUT2D eigenvalue weighted by Gasteiger charge is 2.06. The third kappa shape index (κ3) is 6.99. The van der Waals surface area contributed by atoms with Gasteiger partial charge in [-0.3, -0.25) is 0 Å². The minimum absolute atomic E-state index is 0.204. The summed E-state index contributed by atoms with van der Waals surface area (Å²) in [6.07, 6.45) is -0.623. The zero-order chi connectivity index (χ0) is 21.0. The van der Waals surface area contributed by atoms with E-state index in [4.69, 9.17) is 14.2 Å². The van der Waals surface area contributed by atoms with Gasteiger partial charge in [-0.05, 0) is 36.4 Å². The maximum absolute atomic E-state index is 10.1. The number of anilines is 2. The van der Waals surface area contributed by atoms with Crippen LogP contribution in [0.4, 0.5) is 11.4 Å². The number of hydrogen-bond donors (Lipinski definition) is 3. The highest BCUT2D eigenvalue weighted by atomic mass is 16.5. The molecule has 3 aromatic carbocycles. The molecule has 0 heterocycles. The molecule has 0 aliphatic rings. The van der Waals surface area contributed by atoms with Gasteiger partial charge in [-0.2, -0.15) is 0 Å². The summed E-state index contributed by atoms with van der Waals surface area (Å²) < 4.78 is 16.7. The van der Waals surface area contributed by atoms with Crippen molar-refractivity contribution < 1.29 is 19.3 Å². The molecule has 1 atom stereocenters. The lowest BCUT2D eigenvalue weighted by Gasteiger charge is -2.15. The number of para-hydroxylation sites is 3. The number of hydrogen-bond acceptors (Lipinski definition) is 6. The molecule has 30 heavy (non-hydrogen) atoms. The Hall–Kier alpha value is -3.22. The van der Waals surface area contributed by atoms with Crippen LogP contribution < -0.4 is 24.8 Å². The summed E-state index contributed by atoms with van der Waals surface area (Å²) in [4.78, 5) is 0. The number of methoxy groups -OCH3 is 1. The van der Waals surface area contributed by atoms with Gasteiger partial charge in [0.15, 0.2) is 11.5 Å². The third-order valence-corrected chi connectivity index (χ3v) is 4.32. The lowest BCUT2D eigenvalue weighted by Crippen LogP contribution is -2.33. The Kier molecular flexibility index (Phi) is 8.38. The normalized spacial score (nSPS) is 11.5. The fourth-order valence-electron chi connectivity index (χ4n) is 2.84. The molecule has 0 aliphatic carbocycles. The van der Waals surface area contributed by atoms with Gasteiger partial charge in [-0.15, -0.1) is 0 Å². The average molecular weight is 408 g/mol. The summed E-state index contributed by atoms with van der Waals surface area (Å²) in [7, 11) is 1.62. The molecule has 6 heteroatoms. The molecule has 0 saturated heterocycles. The Morgan fingerprint density at radius 1 is 0.833 bits per heavy atom. The predicted octanol–water partition coefficient (Wildman–Crippen LogP) is 3.85. The van der Waals surface area contributed by atoms with Crippen LogP contribution in [0.1, 0.15) is 0 Å². The van der Waals surface area contributed by atoms with Gasteiger partial charge in [-0.1, -0.05) is 36.4 Å². The zero-order valence-electron chi connectivity index (χ0n) is 17.1. The second-order valence-electron chi connectivity index (χ2n) is 6.69. The van der Waals surface area contributed by atoms with E-state index in [9.17, 15) is 5.11 Å². The summed E-state index contributed by atoms with van der Waals surface area (Å²) in [5, 5.41) is 16.6. The molecule has 0 spiro atoms. The van der Waals surface area contributed by atoms with E-state index in [0.717, 1.165) is 11.4 Å². The molecule has 6 nitrogen and oxygen atoms in total. The average Bonchev–Trinajstić information content (AvgIpc) is 2.79. The van der Waals surface area contributed by atoms with Crippen molar-refractivity contribution in [3.8, 4) is 17.2 Å². The number of benzene rings is 3. The summed E-state index contributed by atoms with van der Waals surface area (Å²) >= 11 is 0. The van der Waals surface area contributed by atoms with Crippen LogP contribution in [0.2, 0.25) is 0 Å². The molecule has 0 saturated carbocycles. The standard InChI is InChI=1S/C24H28N2O4/c1-28-23-12-5-6-13-24(23)29-15-14-25-17-21(27)18-30-22-11-7-10-20(16-22)26-19-8-3-2-4-9-19/h2-13,16,21,25-27H,14-15,17-18H2,1H3. The fourth-order valence-corrected chi connectivity index (χ4v) is 2.84. The first-order valence-corrected chi connectivity index (χ1v) is 9.94. The van der Waals surface area contributed by atoms with E-state index in [0.29, 0.717) is 36.9 Å². The highest BCUT2D eigenvalue weighted by Crippen LogP contribution is 2.25.